The Morgan fingerprint density at radius 3 is 2.59 bits per heavy atom. The molecule has 1 atom stereocenters. The van der Waals surface area contributed by atoms with E-state index in [4.69, 9.17) is 16.3 Å². The first-order valence-corrected chi connectivity index (χ1v) is 11.1. The number of benzene rings is 2. The van der Waals surface area contributed by atoms with Gasteiger partial charge < -0.3 is 15.0 Å². The van der Waals surface area contributed by atoms with E-state index in [9.17, 15) is 19.7 Å². The number of nitrogens with one attached hydrogen (secondary N) is 2. The summed E-state index contributed by atoms with van der Waals surface area (Å²) in [7, 11) is 0. The molecule has 34 heavy (non-hydrogen) atoms. The molecule has 10 nitrogen and oxygen atoms in total. The lowest BCUT2D eigenvalue weighted by Crippen LogP contribution is -2.48. The van der Waals surface area contributed by atoms with Gasteiger partial charge in [0, 0.05) is 47.1 Å². The average molecular weight is 488 g/mol. The lowest BCUT2D eigenvalue weighted by Gasteiger charge is -2.29. The van der Waals surface area contributed by atoms with Gasteiger partial charge in [0.15, 0.2) is 0 Å². The average Bonchev–Trinajstić information content (AvgIpc) is 2.82. The Hall–Kier alpha value is -3.50. The van der Waals surface area contributed by atoms with Crippen molar-refractivity contribution in [2.24, 2.45) is 11.0 Å². The number of carbonyl (C=O) groups excluding carboxylic acids is 2. The molecule has 0 radical (unpaired) electrons. The summed E-state index contributed by atoms with van der Waals surface area (Å²) in [4.78, 5) is 38.1. The topological polar surface area (TPSA) is 126 Å². The van der Waals surface area contributed by atoms with Crippen molar-refractivity contribution in [3.05, 3.63) is 68.7 Å². The van der Waals surface area contributed by atoms with E-state index < -0.39 is 22.8 Å². The minimum atomic E-state index is -0.854. The summed E-state index contributed by atoms with van der Waals surface area (Å²) in [5, 5.41) is 18.4. The number of halogens is 1. The predicted molar refractivity (Wildman–Crippen MR) is 129 cm³/mol. The Balaban J connectivity index is 1.74. The van der Waals surface area contributed by atoms with E-state index in [1.54, 1.807) is 38.1 Å². The van der Waals surface area contributed by atoms with Gasteiger partial charge >= 0.3 is 0 Å². The van der Waals surface area contributed by atoms with Gasteiger partial charge in [0.2, 0.25) is 0 Å². The van der Waals surface area contributed by atoms with Crippen molar-refractivity contribution < 1.29 is 19.2 Å². The molecule has 3 rings (SSSR count). The van der Waals surface area contributed by atoms with Crippen molar-refractivity contribution in [3.63, 3.8) is 0 Å². The number of rotatable bonds is 8. The number of non-ortho nitro benzene ring substituents is 1. The zero-order valence-corrected chi connectivity index (χ0v) is 19.6. The molecule has 1 heterocycles. The van der Waals surface area contributed by atoms with Crippen LogP contribution in [0.1, 0.15) is 29.8 Å². The Bertz CT molecular complexity index is 1090. The highest BCUT2D eigenvalue weighted by Crippen LogP contribution is 2.25. The SMILES string of the molecule is CC(C)C(NC(=O)c1cccc(Cl)c1)C(=O)N/N=C\c1cc([N+](=O)[O-])ccc1N1CCOCC1. The molecular weight excluding hydrogens is 462 g/mol. The molecule has 0 spiro atoms. The van der Waals surface area contributed by atoms with Gasteiger partial charge in [0.25, 0.3) is 17.5 Å². The molecule has 180 valence electrons. The van der Waals surface area contributed by atoms with Crippen LogP contribution in [0.25, 0.3) is 0 Å². The smallest absolute Gasteiger partial charge is 0.270 e. The van der Waals surface area contributed by atoms with Crippen LogP contribution in [0.2, 0.25) is 5.02 Å². The van der Waals surface area contributed by atoms with Crippen LogP contribution in [0.3, 0.4) is 0 Å². The first-order chi connectivity index (χ1) is 16.3. The summed E-state index contributed by atoms with van der Waals surface area (Å²) in [6.45, 7) is 5.96. The molecule has 0 aliphatic carbocycles. The summed E-state index contributed by atoms with van der Waals surface area (Å²) in [6.07, 6.45) is 1.37. The molecule has 1 aliphatic heterocycles. The van der Waals surface area contributed by atoms with E-state index in [-0.39, 0.29) is 11.6 Å². The number of hydrogen-bond acceptors (Lipinski definition) is 7. The van der Waals surface area contributed by atoms with Gasteiger partial charge in [-0.15, -0.1) is 0 Å². The van der Waals surface area contributed by atoms with Crippen LogP contribution in [-0.2, 0) is 9.53 Å². The molecule has 0 bridgehead atoms. The number of amides is 2. The molecule has 11 heteroatoms. The summed E-state index contributed by atoms with van der Waals surface area (Å²) in [5.74, 6) is -1.17. The van der Waals surface area contributed by atoms with Crippen LogP contribution in [0, 0.1) is 16.0 Å². The quantitative estimate of drug-likeness (QED) is 0.335. The molecule has 0 aromatic heterocycles. The third kappa shape index (κ3) is 6.52. The summed E-state index contributed by atoms with van der Waals surface area (Å²) in [6, 6.07) is 10.1. The zero-order valence-electron chi connectivity index (χ0n) is 18.9. The Kier molecular flexibility index (Phi) is 8.55. The number of nitro benzene ring substituents is 1. The molecule has 1 unspecified atom stereocenters. The molecule has 2 aromatic carbocycles. The van der Waals surface area contributed by atoms with Gasteiger partial charge in [-0.3, -0.25) is 19.7 Å². The molecule has 0 saturated carbocycles. The Morgan fingerprint density at radius 2 is 1.94 bits per heavy atom. The van der Waals surface area contributed by atoms with Crippen molar-refractivity contribution in [1.29, 1.82) is 0 Å². The van der Waals surface area contributed by atoms with Crippen molar-refractivity contribution >= 4 is 41.0 Å². The lowest BCUT2D eigenvalue weighted by atomic mass is 10.0. The summed E-state index contributed by atoms with van der Waals surface area (Å²) in [5.41, 5.74) is 3.92. The standard InChI is InChI=1S/C23H26ClN5O5/c1-15(2)21(26-22(30)16-4-3-5-18(24)12-16)23(31)27-25-14-17-13-19(29(32)33)6-7-20(17)28-8-10-34-11-9-28/h3-7,12-15,21H,8-11H2,1-2H3,(H,26,30)(H,27,31)/b25-14-. The normalized spacial score (nSPS) is 14.8. The molecular formula is C23H26ClN5O5. The highest BCUT2D eigenvalue weighted by atomic mass is 35.5. The zero-order chi connectivity index (χ0) is 24.7. The Morgan fingerprint density at radius 1 is 1.21 bits per heavy atom. The highest BCUT2D eigenvalue weighted by Gasteiger charge is 2.25. The van der Waals surface area contributed by atoms with Gasteiger partial charge in [0.05, 0.1) is 24.4 Å². The monoisotopic (exact) mass is 487 g/mol. The van der Waals surface area contributed by atoms with E-state index in [1.807, 2.05) is 4.90 Å². The number of nitro groups is 1. The summed E-state index contributed by atoms with van der Waals surface area (Å²) >= 11 is 5.95. The number of hydrazone groups is 1. The second-order valence-corrected chi connectivity index (χ2v) is 8.48. The number of ether oxygens (including phenoxy) is 1. The van der Waals surface area contributed by atoms with Crippen LogP contribution < -0.4 is 15.6 Å². The van der Waals surface area contributed by atoms with Crippen molar-refractivity contribution in [2.75, 3.05) is 31.2 Å². The van der Waals surface area contributed by atoms with E-state index in [2.05, 4.69) is 15.8 Å². The van der Waals surface area contributed by atoms with E-state index in [1.165, 1.54) is 24.4 Å². The number of hydrogen-bond donors (Lipinski definition) is 2. The van der Waals surface area contributed by atoms with E-state index in [0.29, 0.717) is 42.5 Å². The largest absolute Gasteiger partial charge is 0.378 e. The van der Waals surface area contributed by atoms with Gasteiger partial charge in [0.1, 0.15) is 6.04 Å². The van der Waals surface area contributed by atoms with E-state index >= 15 is 0 Å². The third-order valence-corrected chi connectivity index (χ3v) is 5.51. The van der Waals surface area contributed by atoms with Crippen LogP contribution in [0.15, 0.2) is 47.6 Å². The van der Waals surface area contributed by atoms with Crippen LogP contribution >= 0.6 is 11.6 Å². The molecule has 2 aromatic rings. The molecule has 2 amide bonds. The number of morpholine rings is 1. The first kappa shape index (κ1) is 25.1. The highest BCUT2D eigenvalue weighted by molar-refractivity contribution is 6.31. The molecule has 1 saturated heterocycles. The molecule has 1 fully saturated rings. The van der Waals surface area contributed by atoms with Gasteiger partial charge in [-0.05, 0) is 30.2 Å². The molecule has 2 N–H and O–H groups in total. The third-order valence-electron chi connectivity index (χ3n) is 5.27. The number of nitrogens with zero attached hydrogens (tertiary/aromatic N) is 3. The maximum absolute atomic E-state index is 12.8. The van der Waals surface area contributed by atoms with Crippen LogP contribution in [-0.4, -0.2) is 55.3 Å². The second kappa shape index (κ2) is 11.6. The van der Waals surface area contributed by atoms with Crippen molar-refractivity contribution in [1.82, 2.24) is 10.7 Å². The Labute approximate surface area is 202 Å². The fourth-order valence-electron chi connectivity index (χ4n) is 3.48. The fourth-order valence-corrected chi connectivity index (χ4v) is 3.67. The van der Waals surface area contributed by atoms with Gasteiger partial charge in [-0.2, -0.15) is 5.10 Å². The maximum atomic E-state index is 12.8. The number of carbonyl (C=O) groups is 2. The maximum Gasteiger partial charge on any atom is 0.270 e. The van der Waals surface area contributed by atoms with Crippen molar-refractivity contribution in [3.8, 4) is 0 Å². The van der Waals surface area contributed by atoms with Crippen molar-refractivity contribution in [2.45, 2.75) is 19.9 Å². The van der Waals surface area contributed by atoms with Crippen LogP contribution in [0.5, 0.6) is 0 Å². The number of anilines is 1. The second-order valence-electron chi connectivity index (χ2n) is 8.04. The van der Waals surface area contributed by atoms with E-state index in [0.717, 1.165) is 5.69 Å². The van der Waals surface area contributed by atoms with Gasteiger partial charge in [-0.25, -0.2) is 5.43 Å². The first-order valence-electron chi connectivity index (χ1n) is 10.8. The fraction of sp³-hybridized carbons (Fsp3) is 0.348. The van der Waals surface area contributed by atoms with Gasteiger partial charge in [-0.1, -0.05) is 31.5 Å². The minimum Gasteiger partial charge on any atom is -0.378 e. The summed E-state index contributed by atoms with van der Waals surface area (Å²) < 4.78 is 5.37. The predicted octanol–water partition coefficient (Wildman–Crippen LogP) is 2.99. The minimum absolute atomic E-state index is 0.0846. The van der Waals surface area contributed by atoms with Crippen LogP contribution in [0.4, 0.5) is 11.4 Å². The lowest BCUT2D eigenvalue weighted by molar-refractivity contribution is -0.384. The molecule has 1 aliphatic rings.